The van der Waals surface area contributed by atoms with Gasteiger partial charge in [0.15, 0.2) is 6.29 Å². The Morgan fingerprint density at radius 2 is 2.33 bits per heavy atom. The van der Waals surface area contributed by atoms with Gasteiger partial charge in [0, 0.05) is 5.92 Å². The first kappa shape index (κ1) is 9.04. The summed E-state index contributed by atoms with van der Waals surface area (Å²) in [6.07, 6.45) is 1.87. The van der Waals surface area contributed by atoms with Crippen molar-refractivity contribution in [3.05, 3.63) is 23.2 Å². The van der Waals surface area contributed by atoms with Crippen molar-refractivity contribution in [2.75, 3.05) is 0 Å². The van der Waals surface area contributed by atoms with E-state index in [2.05, 4.69) is 13.8 Å². The van der Waals surface area contributed by atoms with Gasteiger partial charge in [0.25, 0.3) is 0 Å². The van der Waals surface area contributed by atoms with E-state index in [1.807, 2.05) is 13.0 Å². The van der Waals surface area contributed by atoms with Gasteiger partial charge in [0.05, 0.1) is 5.56 Å². The monoisotopic (exact) mass is 166 g/mol. The Bertz CT molecular complexity index is 273. The Hall–Kier alpha value is -1.05. The first-order valence-electron chi connectivity index (χ1n) is 4.24. The molecule has 66 valence electrons. The molecule has 0 aliphatic carbocycles. The van der Waals surface area contributed by atoms with Crippen LogP contribution < -0.4 is 0 Å². The van der Waals surface area contributed by atoms with Crippen LogP contribution in [0.2, 0.25) is 0 Å². The lowest BCUT2D eigenvalue weighted by Gasteiger charge is -2.01. The second kappa shape index (κ2) is 3.57. The highest BCUT2D eigenvalue weighted by Crippen LogP contribution is 2.23. The number of carbonyl (C=O) groups excluding carboxylic acids is 1. The normalized spacial score (nSPS) is 12.9. The van der Waals surface area contributed by atoms with Gasteiger partial charge in [0.2, 0.25) is 0 Å². The third-order valence-electron chi connectivity index (χ3n) is 2.20. The van der Waals surface area contributed by atoms with E-state index < -0.39 is 0 Å². The predicted molar refractivity (Wildman–Crippen MR) is 47.5 cm³/mol. The van der Waals surface area contributed by atoms with E-state index in [0.717, 1.165) is 24.2 Å². The highest BCUT2D eigenvalue weighted by molar-refractivity contribution is 5.76. The van der Waals surface area contributed by atoms with Crippen molar-refractivity contribution in [1.82, 2.24) is 0 Å². The van der Waals surface area contributed by atoms with Gasteiger partial charge < -0.3 is 4.42 Å². The molecule has 0 fully saturated rings. The number of aryl methyl sites for hydroxylation is 1. The summed E-state index contributed by atoms with van der Waals surface area (Å²) in [7, 11) is 0. The average Bonchev–Trinajstić information content (AvgIpc) is 2.45. The number of hydrogen-bond donors (Lipinski definition) is 0. The van der Waals surface area contributed by atoms with Gasteiger partial charge in [-0.3, -0.25) is 4.79 Å². The summed E-state index contributed by atoms with van der Waals surface area (Å²) in [4.78, 5) is 10.5. The summed E-state index contributed by atoms with van der Waals surface area (Å²) >= 11 is 0. The summed E-state index contributed by atoms with van der Waals surface area (Å²) < 4.78 is 5.43. The van der Waals surface area contributed by atoms with E-state index in [9.17, 15) is 4.79 Å². The van der Waals surface area contributed by atoms with E-state index >= 15 is 0 Å². The van der Waals surface area contributed by atoms with Crippen LogP contribution in [0.3, 0.4) is 0 Å². The van der Waals surface area contributed by atoms with Crippen LogP contribution in [-0.4, -0.2) is 6.29 Å². The Balaban J connectivity index is 2.96. The maximum absolute atomic E-state index is 10.5. The Morgan fingerprint density at radius 1 is 1.67 bits per heavy atom. The van der Waals surface area contributed by atoms with E-state index in [1.165, 1.54) is 0 Å². The molecule has 0 saturated carbocycles. The molecular weight excluding hydrogens is 152 g/mol. The molecule has 1 aromatic heterocycles. The van der Waals surface area contributed by atoms with E-state index in [4.69, 9.17) is 4.42 Å². The summed E-state index contributed by atoms with van der Waals surface area (Å²) in [5.74, 6) is 2.04. The van der Waals surface area contributed by atoms with Gasteiger partial charge in [-0.2, -0.15) is 0 Å². The number of aldehydes is 1. The molecular formula is C10H14O2. The minimum atomic E-state index is 0.400. The minimum Gasteiger partial charge on any atom is -0.465 e. The van der Waals surface area contributed by atoms with Crippen LogP contribution >= 0.6 is 0 Å². The summed E-state index contributed by atoms with van der Waals surface area (Å²) in [5, 5.41) is 0. The van der Waals surface area contributed by atoms with Crippen LogP contribution in [-0.2, 0) is 0 Å². The van der Waals surface area contributed by atoms with Gasteiger partial charge in [0.1, 0.15) is 11.5 Å². The first-order chi connectivity index (χ1) is 5.69. The number of carbonyl (C=O) groups is 1. The molecule has 1 heterocycles. The standard InChI is InChI=1S/C10H14O2/c1-4-7(2)10-5-9(6-11)8(3)12-10/h5-7H,4H2,1-3H3. The molecule has 1 aromatic rings. The predicted octanol–water partition coefficient (Wildman–Crippen LogP) is 2.91. The lowest BCUT2D eigenvalue weighted by Crippen LogP contribution is -1.86. The highest BCUT2D eigenvalue weighted by Gasteiger charge is 2.10. The van der Waals surface area contributed by atoms with Gasteiger partial charge in [-0.15, -0.1) is 0 Å². The third kappa shape index (κ3) is 1.58. The molecule has 0 spiro atoms. The Labute approximate surface area is 72.6 Å². The SMILES string of the molecule is CCC(C)c1cc(C=O)c(C)o1. The van der Waals surface area contributed by atoms with Crippen LogP contribution in [0.15, 0.2) is 10.5 Å². The van der Waals surface area contributed by atoms with Crippen molar-refractivity contribution in [3.8, 4) is 0 Å². The molecule has 0 aliphatic heterocycles. The highest BCUT2D eigenvalue weighted by atomic mass is 16.3. The molecule has 2 heteroatoms. The molecule has 0 bridgehead atoms. The minimum absolute atomic E-state index is 0.400. The molecule has 0 radical (unpaired) electrons. The van der Waals surface area contributed by atoms with Crippen molar-refractivity contribution < 1.29 is 9.21 Å². The average molecular weight is 166 g/mol. The van der Waals surface area contributed by atoms with Crippen LogP contribution in [0, 0.1) is 6.92 Å². The smallest absolute Gasteiger partial charge is 0.153 e. The molecule has 0 saturated heterocycles. The zero-order chi connectivity index (χ0) is 9.14. The van der Waals surface area contributed by atoms with Crippen molar-refractivity contribution >= 4 is 6.29 Å². The van der Waals surface area contributed by atoms with Crippen LogP contribution in [0.4, 0.5) is 0 Å². The first-order valence-corrected chi connectivity index (χ1v) is 4.24. The molecule has 0 N–H and O–H groups in total. The van der Waals surface area contributed by atoms with E-state index in [0.29, 0.717) is 11.5 Å². The molecule has 12 heavy (non-hydrogen) atoms. The third-order valence-corrected chi connectivity index (χ3v) is 2.20. The van der Waals surface area contributed by atoms with Gasteiger partial charge in [-0.1, -0.05) is 13.8 Å². The summed E-state index contributed by atoms with van der Waals surface area (Å²) in [6, 6.07) is 1.83. The van der Waals surface area contributed by atoms with Crippen molar-refractivity contribution in [2.24, 2.45) is 0 Å². The van der Waals surface area contributed by atoms with Crippen molar-refractivity contribution in [1.29, 1.82) is 0 Å². The second-order valence-electron chi connectivity index (χ2n) is 3.09. The molecule has 1 atom stereocenters. The van der Waals surface area contributed by atoms with E-state index in [-0.39, 0.29) is 0 Å². The zero-order valence-electron chi connectivity index (χ0n) is 7.76. The van der Waals surface area contributed by atoms with Gasteiger partial charge >= 0.3 is 0 Å². The van der Waals surface area contributed by atoms with Crippen LogP contribution in [0.25, 0.3) is 0 Å². The molecule has 0 aromatic carbocycles. The fourth-order valence-electron chi connectivity index (χ4n) is 1.08. The van der Waals surface area contributed by atoms with E-state index in [1.54, 1.807) is 0 Å². The topological polar surface area (TPSA) is 30.2 Å². The number of hydrogen-bond acceptors (Lipinski definition) is 2. The molecule has 0 aliphatic rings. The lowest BCUT2D eigenvalue weighted by molar-refractivity contribution is 0.112. The fourth-order valence-corrected chi connectivity index (χ4v) is 1.08. The Kier molecular flexibility index (Phi) is 2.69. The van der Waals surface area contributed by atoms with Gasteiger partial charge in [-0.05, 0) is 19.4 Å². The zero-order valence-corrected chi connectivity index (χ0v) is 7.76. The lowest BCUT2D eigenvalue weighted by atomic mass is 10.1. The summed E-state index contributed by atoms with van der Waals surface area (Å²) in [5.41, 5.74) is 0.672. The largest absolute Gasteiger partial charge is 0.465 e. The quantitative estimate of drug-likeness (QED) is 0.646. The second-order valence-corrected chi connectivity index (χ2v) is 3.09. The maximum Gasteiger partial charge on any atom is 0.153 e. The van der Waals surface area contributed by atoms with Gasteiger partial charge in [-0.25, -0.2) is 0 Å². The van der Waals surface area contributed by atoms with Crippen molar-refractivity contribution in [2.45, 2.75) is 33.1 Å². The molecule has 0 amide bonds. The number of furan rings is 1. The Morgan fingerprint density at radius 3 is 2.75 bits per heavy atom. The van der Waals surface area contributed by atoms with Crippen LogP contribution in [0.1, 0.15) is 48.1 Å². The molecule has 2 nitrogen and oxygen atoms in total. The molecule has 1 unspecified atom stereocenters. The van der Waals surface area contributed by atoms with Crippen LogP contribution in [0.5, 0.6) is 0 Å². The fraction of sp³-hybridized carbons (Fsp3) is 0.500. The number of rotatable bonds is 3. The molecule has 1 rings (SSSR count). The van der Waals surface area contributed by atoms with Crippen molar-refractivity contribution in [3.63, 3.8) is 0 Å². The maximum atomic E-state index is 10.5. The summed E-state index contributed by atoms with van der Waals surface area (Å²) in [6.45, 7) is 6.01.